The molecule has 0 radical (unpaired) electrons. The Morgan fingerprint density at radius 2 is 2.14 bits per heavy atom. The molecule has 1 aromatic carbocycles. The van der Waals surface area contributed by atoms with Crippen LogP contribution in [0.25, 0.3) is 10.1 Å². The van der Waals surface area contributed by atoms with Crippen LogP contribution in [0.15, 0.2) is 39.8 Å². The van der Waals surface area contributed by atoms with Gasteiger partial charge in [-0.25, -0.2) is 13.2 Å². The molecule has 0 unspecified atom stereocenters. The van der Waals surface area contributed by atoms with Gasteiger partial charge in [0.15, 0.2) is 0 Å². The zero-order valence-corrected chi connectivity index (χ0v) is 12.9. The van der Waals surface area contributed by atoms with Crippen molar-refractivity contribution in [1.29, 1.82) is 0 Å². The minimum Gasteiger partial charge on any atom is -0.475 e. The quantitative estimate of drug-likeness (QED) is 0.757. The summed E-state index contributed by atoms with van der Waals surface area (Å²) in [4.78, 5) is 10.7. The van der Waals surface area contributed by atoms with Gasteiger partial charge in [0.05, 0.1) is 4.70 Å². The van der Waals surface area contributed by atoms with Gasteiger partial charge < -0.3 is 9.52 Å². The second kappa shape index (κ2) is 5.11. The second-order valence-corrected chi connectivity index (χ2v) is 7.00. The average Bonchev–Trinajstić information content (AvgIpc) is 3.04. The molecule has 0 amide bonds. The highest BCUT2D eigenvalue weighted by Gasteiger charge is 2.24. The number of fused-ring (bicyclic) bond motifs is 1. The van der Waals surface area contributed by atoms with Crippen LogP contribution in [0.4, 0.5) is 5.69 Å². The van der Waals surface area contributed by atoms with Crippen LogP contribution in [0.1, 0.15) is 16.3 Å². The molecule has 0 fully saturated rings. The smallest absolute Gasteiger partial charge is 0.371 e. The molecule has 0 bridgehead atoms. The van der Waals surface area contributed by atoms with Crippen LogP contribution in [0.3, 0.4) is 0 Å². The number of aromatic carboxylic acids is 1. The fourth-order valence-electron chi connectivity index (χ4n) is 1.98. The number of carbonyl (C=O) groups is 1. The van der Waals surface area contributed by atoms with Gasteiger partial charge in [-0.15, -0.1) is 0 Å². The number of aromatic nitrogens is 1. The third kappa shape index (κ3) is 2.55. The first-order valence-electron chi connectivity index (χ1n) is 6.08. The minimum absolute atomic E-state index is 0.0168. The van der Waals surface area contributed by atoms with Gasteiger partial charge in [-0.3, -0.25) is 4.72 Å². The molecule has 2 aromatic heterocycles. The minimum atomic E-state index is -3.93. The lowest BCUT2D eigenvalue weighted by Gasteiger charge is -2.06. The predicted molar refractivity (Wildman–Crippen MR) is 80.8 cm³/mol. The van der Waals surface area contributed by atoms with E-state index in [0.29, 0.717) is 5.69 Å². The van der Waals surface area contributed by atoms with Gasteiger partial charge in [-0.2, -0.15) is 4.37 Å². The fraction of sp³-hybridized carbons (Fsp3) is 0.0769. The number of carboxylic acid groups (broad SMARTS) is 1. The Balaban J connectivity index is 1.97. The van der Waals surface area contributed by atoms with Crippen LogP contribution in [-0.4, -0.2) is 23.9 Å². The number of nitrogens with zero attached hydrogens (tertiary/aromatic N) is 1. The van der Waals surface area contributed by atoms with Crippen molar-refractivity contribution in [2.24, 2.45) is 0 Å². The molecular formula is C13H10N2O5S2. The number of hydrogen-bond donors (Lipinski definition) is 2. The Hall–Kier alpha value is -2.39. The van der Waals surface area contributed by atoms with E-state index in [4.69, 9.17) is 9.52 Å². The van der Waals surface area contributed by atoms with Gasteiger partial charge in [0.2, 0.25) is 5.76 Å². The summed E-state index contributed by atoms with van der Waals surface area (Å²) in [6, 6.07) is 6.02. The standard InChI is InChI=1S/C13H10N2O5S2/c1-7-12(5-10(20-7)13(16)17)22(18,19)15-9-2-3-11-8(4-9)6-14-21-11/h2-6,15H,1H3,(H,16,17). The molecule has 114 valence electrons. The molecular weight excluding hydrogens is 328 g/mol. The first-order chi connectivity index (χ1) is 10.4. The van der Waals surface area contributed by atoms with Gasteiger partial charge >= 0.3 is 5.97 Å². The number of furan rings is 1. The normalized spacial score (nSPS) is 11.7. The lowest BCUT2D eigenvalue weighted by atomic mass is 10.2. The highest BCUT2D eigenvalue weighted by Crippen LogP contribution is 2.26. The van der Waals surface area contributed by atoms with E-state index in [9.17, 15) is 13.2 Å². The molecule has 3 aromatic rings. The molecule has 0 saturated heterocycles. The number of carboxylic acids is 1. The molecule has 3 rings (SSSR count). The molecule has 2 N–H and O–H groups in total. The summed E-state index contributed by atoms with van der Waals surface area (Å²) in [6.07, 6.45) is 1.64. The van der Waals surface area contributed by atoms with Crippen molar-refractivity contribution in [3.8, 4) is 0 Å². The van der Waals surface area contributed by atoms with Gasteiger partial charge in [0.1, 0.15) is 10.7 Å². The molecule has 0 aliphatic rings. The lowest BCUT2D eigenvalue weighted by Crippen LogP contribution is -2.13. The number of aryl methyl sites for hydroxylation is 1. The molecule has 0 spiro atoms. The number of anilines is 1. The van der Waals surface area contributed by atoms with Crippen LogP contribution >= 0.6 is 11.5 Å². The summed E-state index contributed by atoms with van der Waals surface area (Å²) in [6.45, 7) is 1.40. The number of nitrogens with one attached hydrogen (secondary N) is 1. The fourth-order valence-corrected chi connectivity index (χ4v) is 3.84. The summed E-state index contributed by atoms with van der Waals surface area (Å²) in [7, 11) is -3.93. The Morgan fingerprint density at radius 1 is 1.36 bits per heavy atom. The van der Waals surface area contributed by atoms with Crippen molar-refractivity contribution >= 4 is 43.3 Å². The highest BCUT2D eigenvalue weighted by atomic mass is 32.2. The van der Waals surface area contributed by atoms with E-state index in [-0.39, 0.29) is 10.7 Å². The van der Waals surface area contributed by atoms with E-state index in [1.54, 1.807) is 24.4 Å². The van der Waals surface area contributed by atoms with Crippen LogP contribution in [-0.2, 0) is 10.0 Å². The molecule has 9 heteroatoms. The Bertz CT molecular complexity index is 971. The molecule has 2 heterocycles. The molecule has 22 heavy (non-hydrogen) atoms. The van der Waals surface area contributed by atoms with E-state index in [1.165, 1.54) is 18.5 Å². The number of benzene rings is 1. The van der Waals surface area contributed by atoms with Crippen molar-refractivity contribution in [3.63, 3.8) is 0 Å². The largest absolute Gasteiger partial charge is 0.475 e. The van der Waals surface area contributed by atoms with E-state index in [0.717, 1.165) is 16.2 Å². The summed E-state index contributed by atoms with van der Waals surface area (Å²) in [5.74, 6) is -1.73. The lowest BCUT2D eigenvalue weighted by molar-refractivity contribution is 0.0661. The molecule has 0 aliphatic heterocycles. The average molecular weight is 338 g/mol. The second-order valence-electron chi connectivity index (χ2n) is 4.52. The molecule has 0 saturated carbocycles. The summed E-state index contributed by atoms with van der Waals surface area (Å²) in [5.41, 5.74) is 0.366. The predicted octanol–water partition coefficient (Wildman–Crippen LogP) is 2.70. The summed E-state index contributed by atoms with van der Waals surface area (Å²) < 4.78 is 37.0. The topological polar surface area (TPSA) is 109 Å². The van der Waals surface area contributed by atoms with Gasteiger partial charge in [0, 0.05) is 23.3 Å². The maximum absolute atomic E-state index is 12.4. The molecule has 0 atom stereocenters. The van der Waals surface area contributed by atoms with Crippen LogP contribution < -0.4 is 4.72 Å². The van der Waals surface area contributed by atoms with Gasteiger partial charge in [-0.1, -0.05) is 0 Å². The zero-order chi connectivity index (χ0) is 15.9. The third-order valence-corrected chi connectivity index (χ3v) is 5.25. The van der Waals surface area contributed by atoms with Crippen molar-refractivity contribution in [1.82, 2.24) is 4.37 Å². The van der Waals surface area contributed by atoms with Crippen molar-refractivity contribution < 1.29 is 22.7 Å². The first-order valence-corrected chi connectivity index (χ1v) is 8.33. The summed E-state index contributed by atoms with van der Waals surface area (Å²) >= 11 is 1.31. The van der Waals surface area contributed by atoms with Crippen molar-refractivity contribution in [3.05, 3.63) is 42.0 Å². The SMILES string of the molecule is Cc1oc(C(=O)O)cc1S(=O)(=O)Nc1ccc2sncc2c1. The Labute approximate surface area is 129 Å². The maximum Gasteiger partial charge on any atom is 0.371 e. The number of sulfonamides is 1. The van der Waals surface area contributed by atoms with E-state index in [2.05, 4.69) is 9.10 Å². The Kier molecular flexibility index (Phi) is 3.38. The number of hydrogen-bond acceptors (Lipinski definition) is 6. The Morgan fingerprint density at radius 3 is 2.82 bits per heavy atom. The van der Waals surface area contributed by atoms with E-state index < -0.39 is 21.8 Å². The monoisotopic (exact) mass is 338 g/mol. The molecule has 0 aliphatic carbocycles. The maximum atomic E-state index is 12.4. The summed E-state index contributed by atoms with van der Waals surface area (Å²) in [5, 5.41) is 9.68. The van der Waals surface area contributed by atoms with Crippen LogP contribution in [0.5, 0.6) is 0 Å². The zero-order valence-electron chi connectivity index (χ0n) is 11.2. The van der Waals surface area contributed by atoms with Crippen molar-refractivity contribution in [2.75, 3.05) is 4.72 Å². The van der Waals surface area contributed by atoms with Gasteiger partial charge in [-0.05, 0) is 36.7 Å². The van der Waals surface area contributed by atoms with Gasteiger partial charge in [0.25, 0.3) is 10.0 Å². The molecule has 7 nitrogen and oxygen atoms in total. The number of rotatable bonds is 4. The van der Waals surface area contributed by atoms with Crippen LogP contribution in [0.2, 0.25) is 0 Å². The van der Waals surface area contributed by atoms with Crippen LogP contribution in [0, 0.1) is 6.92 Å². The van der Waals surface area contributed by atoms with Crippen molar-refractivity contribution in [2.45, 2.75) is 11.8 Å². The van der Waals surface area contributed by atoms with E-state index >= 15 is 0 Å². The highest BCUT2D eigenvalue weighted by molar-refractivity contribution is 7.92. The third-order valence-electron chi connectivity index (χ3n) is 2.98. The van der Waals surface area contributed by atoms with E-state index in [1.807, 2.05) is 0 Å². The first kappa shape index (κ1) is 14.5.